The molecule has 0 aromatic heterocycles. The van der Waals surface area contributed by atoms with E-state index < -0.39 is 11.7 Å². The summed E-state index contributed by atoms with van der Waals surface area (Å²) < 4.78 is 10.5. The fourth-order valence-electron chi connectivity index (χ4n) is 1.63. The first kappa shape index (κ1) is 14.3. The maximum Gasteiger partial charge on any atom is 0.416 e. The van der Waals surface area contributed by atoms with Crippen molar-refractivity contribution in [1.29, 1.82) is 0 Å². The predicted octanol–water partition coefficient (Wildman–Crippen LogP) is 2.26. The number of nitrogens with zero attached hydrogens (tertiary/aromatic N) is 1. The molecule has 1 rings (SSSR count). The van der Waals surface area contributed by atoms with Gasteiger partial charge in [-0.1, -0.05) is 0 Å². The second kappa shape index (κ2) is 5.27. The van der Waals surface area contributed by atoms with E-state index in [1.807, 2.05) is 6.92 Å². The van der Waals surface area contributed by atoms with Crippen molar-refractivity contribution in [3.8, 4) is 0 Å². The van der Waals surface area contributed by atoms with E-state index in [-0.39, 0.29) is 11.7 Å². The van der Waals surface area contributed by atoms with Crippen LogP contribution in [-0.4, -0.2) is 35.2 Å². The van der Waals surface area contributed by atoms with Gasteiger partial charge in [-0.25, -0.2) is 9.59 Å². The summed E-state index contributed by atoms with van der Waals surface area (Å²) in [6.45, 7) is 9.33. The van der Waals surface area contributed by atoms with Gasteiger partial charge >= 0.3 is 6.09 Å². The first-order chi connectivity index (χ1) is 8.30. The molecule has 1 aliphatic rings. The molecular weight excluding hydrogens is 234 g/mol. The van der Waals surface area contributed by atoms with Crippen LogP contribution in [0.3, 0.4) is 0 Å². The molecule has 0 saturated heterocycles. The first-order valence-electron chi connectivity index (χ1n) is 5.92. The van der Waals surface area contributed by atoms with Crippen molar-refractivity contribution in [2.24, 2.45) is 0 Å². The Morgan fingerprint density at radius 1 is 1.50 bits per heavy atom. The smallest absolute Gasteiger partial charge is 0.416 e. The van der Waals surface area contributed by atoms with E-state index in [4.69, 9.17) is 9.47 Å². The highest BCUT2D eigenvalue weighted by atomic mass is 16.6. The molecular formula is C13H19NO4. The van der Waals surface area contributed by atoms with Crippen molar-refractivity contribution < 1.29 is 19.1 Å². The van der Waals surface area contributed by atoms with Gasteiger partial charge in [-0.3, -0.25) is 4.90 Å². The molecule has 5 nitrogen and oxygen atoms in total. The molecule has 18 heavy (non-hydrogen) atoms. The fraction of sp³-hybridized carbons (Fsp3) is 0.615. The summed E-state index contributed by atoms with van der Waals surface area (Å²) in [4.78, 5) is 24.2. The molecule has 0 fully saturated rings. The second-order valence-electron chi connectivity index (χ2n) is 5.01. The zero-order chi connectivity index (χ0) is 13.9. The van der Waals surface area contributed by atoms with Crippen LogP contribution in [-0.2, 0) is 14.3 Å². The van der Waals surface area contributed by atoms with Crippen molar-refractivity contribution in [2.75, 3.05) is 6.61 Å². The number of hydrogen-bond donors (Lipinski definition) is 0. The Hall–Kier alpha value is -1.74. The van der Waals surface area contributed by atoms with Gasteiger partial charge in [0.05, 0.1) is 12.6 Å². The molecule has 0 bridgehead atoms. The van der Waals surface area contributed by atoms with Gasteiger partial charge in [-0.2, -0.15) is 0 Å². The van der Waals surface area contributed by atoms with Crippen LogP contribution >= 0.6 is 0 Å². The van der Waals surface area contributed by atoms with Crippen molar-refractivity contribution in [3.05, 3.63) is 17.5 Å². The molecule has 0 spiro atoms. The highest BCUT2D eigenvalue weighted by molar-refractivity contribution is 5.78. The van der Waals surface area contributed by atoms with Gasteiger partial charge in [-0.05, 0) is 40.7 Å². The number of hydrogen-bond acceptors (Lipinski definition) is 4. The summed E-state index contributed by atoms with van der Waals surface area (Å²) in [5.41, 5.74) is -0.516. The second-order valence-corrected chi connectivity index (χ2v) is 5.01. The van der Waals surface area contributed by atoms with E-state index in [1.54, 1.807) is 39.7 Å². The van der Waals surface area contributed by atoms with Gasteiger partial charge in [0.25, 0.3) is 0 Å². The van der Waals surface area contributed by atoms with Crippen LogP contribution in [0.4, 0.5) is 4.79 Å². The summed E-state index contributed by atoms with van der Waals surface area (Å²) in [7, 11) is 0. The maximum absolute atomic E-state index is 12.0. The first-order valence-corrected chi connectivity index (χ1v) is 5.92. The predicted molar refractivity (Wildman–Crippen MR) is 66.5 cm³/mol. The van der Waals surface area contributed by atoms with Crippen molar-refractivity contribution in [1.82, 2.24) is 4.90 Å². The van der Waals surface area contributed by atoms with Crippen LogP contribution in [0, 0.1) is 0 Å². The lowest BCUT2D eigenvalue weighted by molar-refractivity contribution is 0.0295. The average Bonchev–Trinajstić information content (AvgIpc) is 2.52. The third kappa shape index (κ3) is 3.14. The highest BCUT2D eigenvalue weighted by Gasteiger charge is 2.36. The van der Waals surface area contributed by atoms with Crippen LogP contribution in [0.5, 0.6) is 0 Å². The van der Waals surface area contributed by atoms with E-state index in [1.165, 1.54) is 4.90 Å². The minimum Gasteiger partial charge on any atom is -0.491 e. The Bertz CT molecular complexity index is 413. The lowest BCUT2D eigenvalue weighted by Gasteiger charge is -2.26. The van der Waals surface area contributed by atoms with Crippen LogP contribution in [0.15, 0.2) is 17.5 Å². The molecule has 1 heterocycles. The van der Waals surface area contributed by atoms with Crippen molar-refractivity contribution in [2.45, 2.75) is 46.3 Å². The van der Waals surface area contributed by atoms with Gasteiger partial charge in [-0.15, -0.1) is 0 Å². The Labute approximate surface area is 107 Å². The number of carbonyl (C=O) groups is 1. The summed E-state index contributed by atoms with van der Waals surface area (Å²) in [6, 6.07) is -0.280. The molecule has 1 amide bonds. The number of amides is 1. The summed E-state index contributed by atoms with van der Waals surface area (Å²) in [5.74, 6) is 2.12. The summed E-state index contributed by atoms with van der Waals surface area (Å²) in [5, 5.41) is 0. The minimum absolute atomic E-state index is 0.0959. The monoisotopic (exact) mass is 253 g/mol. The normalized spacial score (nSPS) is 19.4. The summed E-state index contributed by atoms with van der Waals surface area (Å²) >= 11 is 0. The van der Waals surface area contributed by atoms with E-state index >= 15 is 0 Å². The van der Waals surface area contributed by atoms with Gasteiger partial charge in [0.2, 0.25) is 0 Å². The molecule has 1 atom stereocenters. The van der Waals surface area contributed by atoms with E-state index in [9.17, 15) is 9.59 Å². The standard InChI is InChI=1S/C13H19NO4/c1-6-17-11-7-9(2)14(10(11)8-15)12(16)18-13(3,4)5/h7,9H,6H2,1-5H3. The summed E-state index contributed by atoms with van der Waals surface area (Å²) in [6.07, 6.45) is 1.13. The van der Waals surface area contributed by atoms with Crippen LogP contribution in [0.2, 0.25) is 0 Å². The average molecular weight is 253 g/mol. The molecule has 1 unspecified atom stereocenters. The zero-order valence-electron chi connectivity index (χ0n) is 11.4. The maximum atomic E-state index is 12.0. The quantitative estimate of drug-likeness (QED) is 0.708. The lowest BCUT2D eigenvalue weighted by Crippen LogP contribution is -2.38. The lowest BCUT2D eigenvalue weighted by atomic mass is 10.2. The Kier molecular flexibility index (Phi) is 4.19. The van der Waals surface area contributed by atoms with Crippen molar-refractivity contribution >= 4 is 12.0 Å². The molecule has 5 heteroatoms. The molecule has 0 saturated carbocycles. The zero-order valence-corrected chi connectivity index (χ0v) is 11.4. The third-order valence-electron chi connectivity index (χ3n) is 2.26. The van der Waals surface area contributed by atoms with Gasteiger partial charge in [0, 0.05) is 0 Å². The molecule has 1 aliphatic heterocycles. The van der Waals surface area contributed by atoms with E-state index in [0.29, 0.717) is 12.4 Å². The molecule has 0 radical (unpaired) electrons. The molecule has 100 valence electrons. The van der Waals surface area contributed by atoms with Crippen LogP contribution in [0.25, 0.3) is 0 Å². The highest BCUT2D eigenvalue weighted by Crippen LogP contribution is 2.28. The van der Waals surface area contributed by atoms with E-state index in [2.05, 4.69) is 0 Å². The van der Waals surface area contributed by atoms with Gasteiger partial charge in [0.15, 0.2) is 17.4 Å². The molecule has 0 aliphatic carbocycles. The Balaban J connectivity index is 2.92. The third-order valence-corrected chi connectivity index (χ3v) is 2.26. The van der Waals surface area contributed by atoms with Crippen molar-refractivity contribution in [3.63, 3.8) is 0 Å². The topological polar surface area (TPSA) is 55.8 Å². The minimum atomic E-state index is -0.612. The molecule has 0 aromatic rings. The number of ether oxygens (including phenoxy) is 2. The number of rotatable bonds is 2. The van der Waals surface area contributed by atoms with Crippen LogP contribution < -0.4 is 0 Å². The SMILES string of the molecule is CCOC1=CC(C)N(C(=O)OC(C)(C)C)C1=C=O. The molecule has 0 aromatic carbocycles. The van der Waals surface area contributed by atoms with Gasteiger partial charge < -0.3 is 9.47 Å². The Morgan fingerprint density at radius 2 is 2.11 bits per heavy atom. The fourth-order valence-corrected chi connectivity index (χ4v) is 1.63. The van der Waals surface area contributed by atoms with Gasteiger partial charge in [0.1, 0.15) is 5.60 Å². The largest absolute Gasteiger partial charge is 0.491 e. The van der Waals surface area contributed by atoms with E-state index in [0.717, 1.165) is 0 Å². The molecule has 0 N–H and O–H groups in total. The number of carbonyl (C=O) groups excluding carboxylic acids is 2. The van der Waals surface area contributed by atoms with Crippen LogP contribution in [0.1, 0.15) is 34.6 Å². The Morgan fingerprint density at radius 3 is 2.56 bits per heavy atom.